The Balaban J connectivity index is 2.41. The minimum atomic E-state index is -0.379. The average molecular weight is 379 g/mol. The zero-order valence-corrected chi connectivity index (χ0v) is 12.2. The van der Waals surface area contributed by atoms with E-state index in [-0.39, 0.29) is 10.6 Å². The second-order valence-electron chi connectivity index (χ2n) is 3.14. The van der Waals surface area contributed by atoms with Gasteiger partial charge < -0.3 is 10.3 Å². The lowest BCUT2D eigenvalue weighted by molar-refractivity contribution is 1.12. The topological polar surface area (TPSA) is 57.8 Å². The summed E-state index contributed by atoms with van der Waals surface area (Å²) in [5, 5.41) is 3.01. The first kappa shape index (κ1) is 12.6. The van der Waals surface area contributed by atoms with Crippen LogP contribution >= 0.6 is 43.5 Å². The molecule has 1 aromatic carbocycles. The van der Waals surface area contributed by atoms with Crippen molar-refractivity contribution in [2.75, 3.05) is 5.32 Å². The molecule has 2 N–H and O–H groups in total. The second-order valence-corrected chi connectivity index (χ2v) is 5.29. The van der Waals surface area contributed by atoms with Crippen LogP contribution in [0.2, 0.25) is 5.02 Å². The van der Waals surface area contributed by atoms with Gasteiger partial charge in [0.05, 0.1) is 12.0 Å². The van der Waals surface area contributed by atoms with E-state index in [0.29, 0.717) is 5.82 Å². The third kappa shape index (κ3) is 2.88. The number of rotatable bonds is 2. The van der Waals surface area contributed by atoms with E-state index >= 15 is 0 Å². The summed E-state index contributed by atoms with van der Waals surface area (Å²) >= 11 is 12.6. The van der Waals surface area contributed by atoms with E-state index in [1.54, 1.807) is 0 Å². The molecule has 0 fully saturated rings. The third-order valence-corrected chi connectivity index (χ3v) is 3.51. The summed E-state index contributed by atoms with van der Waals surface area (Å²) in [6.45, 7) is 0. The van der Waals surface area contributed by atoms with Crippen molar-refractivity contribution in [3.8, 4) is 0 Å². The van der Waals surface area contributed by atoms with Crippen molar-refractivity contribution in [3.05, 3.63) is 48.8 Å². The number of aromatic amines is 1. The number of aromatic nitrogens is 2. The fourth-order valence-electron chi connectivity index (χ4n) is 1.19. The predicted molar refractivity (Wildman–Crippen MR) is 75.0 cm³/mol. The lowest BCUT2D eigenvalue weighted by atomic mass is 10.3. The van der Waals surface area contributed by atoms with Gasteiger partial charge in [-0.3, -0.25) is 4.79 Å². The van der Waals surface area contributed by atoms with Crippen molar-refractivity contribution in [3.63, 3.8) is 0 Å². The molecule has 0 saturated heterocycles. The molecule has 88 valence electrons. The van der Waals surface area contributed by atoms with Gasteiger partial charge >= 0.3 is 0 Å². The van der Waals surface area contributed by atoms with E-state index in [0.717, 1.165) is 14.6 Å². The molecule has 17 heavy (non-hydrogen) atoms. The summed E-state index contributed by atoms with van der Waals surface area (Å²) in [6, 6.07) is 5.61. The maximum Gasteiger partial charge on any atom is 0.271 e. The van der Waals surface area contributed by atoms with Crippen LogP contribution < -0.4 is 10.9 Å². The van der Waals surface area contributed by atoms with Crippen LogP contribution in [0.25, 0.3) is 0 Å². The number of nitrogens with one attached hydrogen (secondary N) is 2. The highest BCUT2D eigenvalue weighted by Crippen LogP contribution is 2.29. The molecule has 4 nitrogen and oxygen atoms in total. The van der Waals surface area contributed by atoms with Gasteiger partial charge in [-0.25, -0.2) is 4.98 Å². The molecule has 0 amide bonds. The number of halogens is 3. The van der Waals surface area contributed by atoms with Crippen molar-refractivity contribution >= 4 is 55.0 Å². The Hall–Kier alpha value is -0.850. The van der Waals surface area contributed by atoms with Gasteiger partial charge in [0.2, 0.25) is 0 Å². The van der Waals surface area contributed by atoms with Gasteiger partial charge in [-0.2, -0.15) is 0 Å². The molecular formula is C10H6Br2ClN3O. The van der Waals surface area contributed by atoms with E-state index in [1.165, 1.54) is 6.33 Å². The smallest absolute Gasteiger partial charge is 0.271 e. The molecule has 0 radical (unpaired) electrons. The molecular weight excluding hydrogens is 373 g/mol. The van der Waals surface area contributed by atoms with Gasteiger partial charge in [0, 0.05) is 8.95 Å². The number of hydrogen-bond donors (Lipinski definition) is 2. The summed E-state index contributed by atoms with van der Waals surface area (Å²) in [5.74, 6) is 0.314. The number of anilines is 2. The number of hydrogen-bond acceptors (Lipinski definition) is 3. The van der Waals surface area contributed by atoms with Gasteiger partial charge in [-0.05, 0) is 34.1 Å². The van der Waals surface area contributed by atoms with Crippen LogP contribution in [0.4, 0.5) is 11.5 Å². The van der Waals surface area contributed by atoms with E-state index < -0.39 is 0 Å². The normalized spacial score (nSPS) is 10.3. The Kier molecular flexibility index (Phi) is 3.86. The van der Waals surface area contributed by atoms with Crippen LogP contribution in [0.15, 0.2) is 38.3 Å². The van der Waals surface area contributed by atoms with E-state index in [9.17, 15) is 4.79 Å². The summed E-state index contributed by atoms with van der Waals surface area (Å²) in [6.07, 6.45) is 1.29. The lowest BCUT2D eigenvalue weighted by Gasteiger charge is -2.08. The Bertz CT molecular complexity index is 615. The summed E-state index contributed by atoms with van der Waals surface area (Å²) in [4.78, 5) is 17.7. The largest absolute Gasteiger partial charge is 0.338 e. The molecule has 0 bridgehead atoms. The van der Waals surface area contributed by atoms with Crippen LogP contribution in [0.5, 0.6) is 0 Å². The van der Waals surface area contributed by atoms with Gasteiger partial charge in [-0.15, -0.1) is 0 Å². The Morgan fingerprint density at radius 3 is 2.88 bits per heavy atom. The second kappa shape index (κ2) is 5.20. The quantitative estimate of drug-likeness (QED) is 0.837. The standard InChI is InChI=1S/C10H6Br2ClN3O/c11-5-1-2-6(12)7(3-5)16-9-8(13)10(17)15-4-14-9/h1-4H,(H2,14,15,16,17). The lowest BCUT2D eigenvalue weighted by Crippen LogP contribution is -2.09. The zero-order chi connectivity index (χ0) is 12.4. The molecule has 2 aromatic rings. The number of nitrogens with zero attached hydrogens (tertiary/aromatic N) is 1. The van der Waals surface area contributed by atoms with Crippen molar-refractivity contribution in [1.29, 1.82) is 0 Å². The van der Waals surface area contributed by atoms with Crippen molar-refractivity contribution < 1.29 is 0 Å². The Morgan fingerprint density at radius 1 is 1.35 bits per heavy atom. The van der Waals surface area contributed by atoms with Crippen LogP contribution in [0, 0.1) is 0 Å². The minimum absolute atomic E-state index is 0.0272. The summed E-state index contributed by atoms with van der Waals surface area (Å²) in [7, 11) is 0. The summed E-state index contributed by atoms with van der Waals surface area (Å²) < 4.78 is 1.75. The highest BCUT2D eigenvalue weighted by atomic mass is 79.9. The molecule has 0 aliphatic carbocycles. The van der Waals surface area contributed by atoms with Crippen molar-refractivity contribution in [2.45, 2.75) is 0 Å². The number of benzene rings is 1. The number of H-pyrrole nitrogens is 1. The Morgan fingerprint density at radius 2 is 2.12 bits per heavy atom. The molecule has 0 saturated carbocycles. The average Bonchev–Trinajstić information content (AvgIpc) is 2.30. The van der Waals surface area contributed by atoms with Crippen LogP contribution in [-0.4, -0.2) is 9.97 Å². The van der Waals surface area contributed by atoms with Crippen molar-refractivity contribution in [2.24, 2.45) is 0 Å². The fourth-order valence-corrected chi connectivity index (χ4v) is 2.05. The van der Waals surface area contributed by atoms with Gasteiger partial charge in [-0.1, -0.05) is 27.5 Å². The first-order valence-corrected chi connectivity index (χ1v) is 6.49. The van der Waals surface area contributed by atoms with Gasteiger partial charge in [0.1, 0.15) is 5.02 Å². The maximum absolute atomic E-state index is 11.3. The van der Waals surface area contributed by atoms with Crippen LogP contribution in [-0.2, 0) is 0 Å². The maximum atomic E-state index is 11.3. The van der Waals surface area contributed by atoms with E-state index in [4.69, 9.17) is 11.6 Å². The first-order valence-electron chi connectivity index (χ1n) is 4.53. The molecule has 0 atom stereocenters. The fraction of sp³-hybridized carbons (Fsp3) is 0. The minimum Gasteiger partial charge on any atom is -0.338 e. The third-order valence-electron chi connectivity index (χ3n) is 1.98. The molecule has 0 unspecified atom stereocenters. The molecule has 0 aliphatic rings. The summed E-state index contributed by atoms with van der Waals surface area (Å²) in [5.41, 5.74) is 0.384. The van der Waals surface area contributed by atoms with E-state index in [2.05, 4.69) is 47.1 Å². The molecule has 0 aliphatic heterocycles. The monoisotopic (exact) mass is 377 g/mol. The first-order chi connectivity index (χ1) is 8.08. The highest BCUT2D eigenvalue weighted by Gasteiger charge is 2.08. The van der Waals surface area contributed by atoms with Gasteiger partial charge in [0.25, 0.3) is 5.56 Å². The molecule has 0 spiro atoms. The van der Waals surface area contributed by atoms with Crippen LogP contribution in [0.1, 0.15) is 0 Å². The molecule has 1 heterocycles. The van der Waals surface area contributed by atoms with Crippen LogP contribution in [0.3, 0.4) is 0 Å². The Labute approximate surface area is 119 Å². The predicted octanol–water partition coefficient (Wildman–Crippen LogP) is 3.69. The molecule has 1 aromatic heterocycles. The van der Waals surface area contributed by atoms with Crippen molar-refractivity contribution in [1.82, 2.24) is 9.97 Å². The van der Waals surface area contributed by atoms with Gasteiger partial charge in [0.15, 0.2) is 5.82 Å². The molecule has 2 rings (SSSR count). The van der Waals surface area contributed by atoms with E-state index in [1.807, 2.05) is 18.2 Å². The SMILES string of the molecule is O=c1[nH]cnc(Nc2cc(Br)ccc2Br)c1Cl. The zero-order valence-electron chi connectivity index (χ0n) is 8.30. The highest BCUT2D eigenvalue weighted by molar-refractivity contribution is 9.11. The molecule has 7 heteroatoms.